The first-order valence-electron chi connectivity index (χ1n) is 5.52. The molecular weight excluding hydrogens is 204 g/mol. The van der Waals surface area contributed by atoms with Crippen LogP contribution in [-0.4, -0.2) is 31.3 Å². The van der Waals surface area contributed by atoms with Gasteiger partial charge >= 0.3 is 0 Å². The van der Waals surface area contributed by atoms with Crippen LogP contribution in [-0.2, 0) is 11.3 Å². The zero-order valence-corrected chi connectivity index (χ0v) is 10.2. The summed E-state index contributed by atoms with van der Waals surface area (Å²) in [6.45, 7) is 6.15. The average Bonchev–Trinajstić information content (AvgIpc) is 2.27. The minimum absolute atomic E-state index is 0.458. The molecular formula is C12H20N2O2. The van der Waals surface area contributed by atoms with Crippen LogP contribution in [0.25, 0.3) is 0 Å². The number of hydrogen-bond acceptors (Lipinski definition) is 4. The molecule has 0 aliphatic rings. The van der Waals surface area contributed by atoms with Gasteiger partial charge in [0.15, 0.2) is 0 Å². The van der Waals surface area contributed by atoms with Crippen molar-refractivity contribution in [3.05, 3.63) is 24.0 Å². The summed E-state index contributed by atoms with van der Waals surface area (Å²) in [5.41, 5.74) is 0.989. The predicted molar refractivity (Wildman–Crippen MR) is 63.6 cm³/mol. The van der Waals surface area contributed by atoms with Gasteiger partial charge in [-0.2, -0.15) is 0 Å². The highest BCUT2D eigenvalue weighted by Crippen LogP contribution is 2.10. The lowest BCUT2D eigenvalue weighted by Crippen LogP contribution is -2.22. The van der Waals surface area contributed by atoms with E-state index in [1.165, 1.54) is 0 Å². The van der Waals surface area contributed by atoms with Crippen LogP contribution in [0.4, 0.5) is 0 Å². The van der Waals surface area contributed by atoms with Gasteiger partial charge < -0.3 is 14.8 Å². The normalized spacial score (nSPS) is 10.8. The molecule has 0 aliphatic carbocycles. The summed E-state index contributed by atoms with van der Waals surface area (Å²) in [5, 5.41) is 3.31. The van der Waals surface area contributed by atoms with Crippen molar-refractivity contribution in [2.24, 2.45) is 0 Å². The van der Waals surface area contributed by atoms with Crippen molar-refractivity contribution in [2.45, 2.75) is 26.4 Å². The molecule has 0 atom stereocenters. The number of aromatic nitrogens is 1. The monoisotopic (exact) mass is 224 g/mol. The first-order chi connectivity index (χ1) is 7.72. The van der Waals surface area contributed by atoms with Crippen LogP contribution in [0.1, 0.15) is 19.5 Å². The summed E-state index contributed by atoms with van der Waals surface area (Å²) in [7, 11) is 1.66. The standard InChI is InChI=1S/C12H20N2O2/c1-10(2)14-9-11-8-12(4-5-13-11)16-7-6-15-3/h4-5,8,10,14H,6-7,9H2,1-3H3. The fraction of sp³-hybridized carbons (Fsp3) is 0.583. The van der Waals surface area contributed by atoms with E-state index in [9.17, 15) is 0 Å². The summed E-state index contributed by atoms with van der Waals surface area (Å²) in [6, 6.07) is 4.26. The van der Waals surface area contributed by atoms with Crippen LogP contribution in [0.15, 0.2) is 18.3 Å². The Morgan fingerprint density at radius 1 is 1.38 bits per heavy atom. The maximum absolute atomic E-state index is 5.50. The van der Waals surface area contributed by atoms with Crippen LogP contribution in [0.5, 0.6) is 5.75 Å². The number of pyridine rings is 1. The number of rotatable bonds is 7. The molecule has 1 rings (SSSR count). The minimum Gasteiger partial charge on any atom is -0.491 e. The molecule has 4 heteroatoms. The summed E-state index contributed by atoms with van der Waals surface area (Å²) in [6.07, 6.45) is 1.76. The van der Waals surface area contributed by atoms with E-state index in [0.717, 1.165) is 18.0 Å². The minimum atomic E-state index is 0.458. The summed E-state index contributed by atoms with van der Waals surface area (Å²) in [4.78, 5) is 4.27. The smallest absolute Gasteiger partial charge is 0.122 e. The predicted octanol–water partition coefficient (Wildman–Crippen LogP) is 1.60. The van der Waals surface area contributed by atoms with E-state index in [1.807, 2.05) is 12.1 Å². The highest BCUT2D eigenvalue weighted by molar-refractivity contribution is 5.22. The summed E-state index contributed by atoms with van der Waals surface area (Å²) < 4.78 is 10.4. The third-order valence-corrected chi connectivity index (χ3v) is 2.04. The van der Waals surface area contributed by atoms with Crippen molar-refractivity contribution in [3.8, 4) is 5.75 Å². The molecule has 0 spiro atoms. The van der Waals surface area contributed by atoms with Gasteiger partial charge in [0.25, 0.3) is 0 Å². The van der Waals surface area contributed by atoms with E-state index in [0.29, 0.717) is 19.3 Å². The second-order valence-corrected chi connectivity index (χ2v) is 3.86. The molecule has 0 unspecified atom stereocenters. The maximum Gasteiger partial charge on any atom is 0.122 e. The Balaban J connectivity index is 2.43. The lowest BCUT2D eigenvalue weighted by molar-refractivity contribution is 0.146. The molecule has 0 radical (unpaired) electrons. The zero-order valence-electron chi connectivity index (χ0n) is 10.2. The van der Waals surface area contributed by atoms with E-state index in [2.05, 4.69) is 24.1 Å². The first kappa shape index (κ1) is 12.9. The zero-order chi connectivity index (χ0) is 11.8. The van der Waals surface area contributed by atoms with Gasteiger partial charge in [-0.05, 0) is 6.07 Å². The largest absolute Gasteiger partial charge is 0.491 e. The van der Waals surface area contributed by atoms with Gasteiger partial charge in [-0.1, -0.05) is 13.8 Å². The molecule has 0 amide bonds. The molecule has 0 saturated carbocycles. The van der Waals surface area contributed by atoms with Crippen LogP contribution in [0.3, 0.4) is 0 Å². The van der Waals surface area contributed by atoms with Crippen molar-refractivity contribution in [3.63, 3.8) is 0 Å². The second kappa shape index (κ2) is 7.19. The fourth-order valence-corrected chi connectivity index (χ4v) is 1.19. The highest BCUT2D eigenvalue weighted by Gasteiger charge is 1.99. The molecule has 1 aromatic heterocycles. The fourth-order valence-electron chi connectivity index (χ4n) is 1.19. The lowest BCUT2D eigenvalue weighted by Gasteiger charge is -2.09. The molecule has 1 heterocycles. The van der Waals surface area contributed by atoms with Gasteiger partial charge in [0.2, 0.25) is 0 Å². The van der Waals surface area contributed by atoms with E-state index in [1.54, 1.807) is 13.3 Å². The van der Waals surface area contributed by atoms with Crippen LogP contribution in [0.2, 0.25) is 0 Å². The number of hydrogen-bond donors (Lipinski definition) is 1. The Labute approximate surface area is 97.0 Å². The van der Waals surface area contributed by atoms with Crippen molar-refractivity contribution in [1.29, 1.82) is 0 Å². The topological polar surface area (TPSA) is 43.4 Å². The van der Waals surface area contributed by atoms with Crippen LogP contribution < -0.4 is 10.1 Å². The SMILES string of the molecule is COCCOc1ccnc(CNC(C)C)c1. The molecule has 1 N–H and O–H groups in total. The van der Waals surface area contributed by atoms with Crippen LogP contribution in [0, 0.1) is 0 Å². The van der Waals surface area contributed by atoms with Crippen molar-refractivity contribution < 1.29 is 9.47 Å². The summed E-state index contributed by atoms with van der Waals surface area (Å²) in [5.74, 6) is 0.840. The van der Waals surface area contributed by atoms with E-state index < -0.39 is 0 Å². The second-order valence-electron chi connectivity index (χ2n) is 3.86. The first-order valence-corrected chi connectivity index (χ1v) is 5.52. The molecule has 16 heavy (non-hydrogen) atoms. The quantitative estimate of drug-likeness (QED) is 0.714. The molecule has 0 saturated heterocycles. The lowest BCUT2D eigenvalue weighted by atomic mass is 10.3. The number of nitrogens with zero attached hydrogens (tertiary/aromatic N) is 1. The van der Waals surface area contributed by atoms with Gasteiger partial charge in [0.05, 0.1) is 12.3 Å². The van der Waals surface area contributed by atoms with Crippen molar-refractivity contribution in [2.75, 3.05) is 20.3 Å². The highest BCUT2D eigenvalue weighted by atomic mass is 16.5. The molecule has 1 aromatic rings. The Kier molecular flexibility index (Phi) is 5.82. The van der Waals surface area contributed by atoms with Gasteiger partial charge in [0.1, 0.15) is 12.4 Å². The number of ether oxygens (including phenoxy) is 2. The third-order valence-electron chi connectivity index (χ3n) is 2.04. The van der Waals surface area contributed by atoms with Gasteiger partial charge in [-0.25, -0.2) is 0 Å². The Morgan fingerprint density at radius 2 is 2.19 bits per heavy atom. The maximum atomic E-state index is 5.50. The van der Waals surface area contributed by atoms with E-state index in [-0.39, 0.29) is 0 Å². The van der Waals surface area contributed by atoms with Gasteiger partial charge in [-0.3, -0.25) is 4.98 Å². The Morgan fingerprint density at radius 3 is 2.88 bits per heavy atom. The van der Waals surface area contributed by atoms with Crippen molar-refractivity contribution >= 4 is 0 Å². The van der Waals surface area contributed by atoms with Gasteiger partial charge in [0, 0.05) is 32.0 Å². The molecule has 0 aliphatic heterocycles. The van der Waals surface area contributed by atoms with E-state index in [4.69, 9.17) is 9.47 Å². The van der Waals surface area contributed by atoms with Crippen LogP contribution >= 0.6 is 0 Å². The molecule has 4 nitrogen and oxygen atoms in total. The number of nitrogens with one attached hydrogen (secondary N) is 1. The molecule has 0 fully saturated rings. The number of methoxy groups -OCH3 is 1. The molecule has 0 aromatic carbocycles. The Hall–Kier alpha value is -1.13. The molecule has 0 bridgehead atoms. The van der Waals surface area contributed by atoms with Gasteiger partial charge in [-0.15, -0.1) is 0 Å². The third kappa shape index (κ3) is 5.09. The summed E-state index contributed by atoms with van der Waals surface area (Å²) >= 11 is 0. The Bertz CT molecular complexity index is 303. The van der Waals surface area contributed by atoms with Crippen molar-refractivity contribution in [1.82, 2.24) is 10.3 Å². The average molecular weight is 224 g/mol. The molecule has 90 valence electrons. The van der Waals surface area contributed by atoms with E-state index >= 15 is 0 Å².